The van der Waals surface area contributed by atoms with Crippen molar-refractivity contribution in [1.82, 2.24) is 10.2 Å². The Hall–Kier alpha value is -1.88. The molecule has 0 spiro atoms. The number of nitrogens with one attached hydrogen (secondary N) is 1. The summed E-state index contributed by atoms with van der Waals surface area (Å²) in [5.41, 5.74) is 1.26. The van der Waals surface area contributed by atoms with Gasteiger partial charge in [-0.2, -0.15) is 0 Å². The molecule has 1 unspecified atom stereocenters. The van der Waals surface area contributed by atoms with E-state index in [1.165, 1.54) is 5.56 Å². The van der Waals surface area contributed by atoms with Crippen molar-refractivity contribution in [3.63, 3.8) is 0 Å². The Bertz CT molecular complexity index is 546. The third-order valence-electron chi connectivity index (χ3n) is 4.55. The Morgan fingerprint density at radius 2 is 1.95 bits per heavy atom. The average molecular weight is 288 g/mol. The van der Waals surface area contributed by atoms with Gasteiger partial charge in [0.05, 0.1) is 5.92 Å². The summed E-state index contributed by atoms with van der Waals surface area (Å²) in [5, 5.41) is 12.2. The van der Waals surface area contributed by atoms with Gasteiger partial charge in [-0.3, -0.25) is 14.5 Å². The van der Waals surface area contributed by atoms with E-state index in [2.05, 4.69) is 17.4 Å². The van der Waals surface area contributed by atoms with Gasteiger partial charge in [-0.1, -0.05) is 30.3 Å². The number of carboxylic acids is 1. The molecular weight excluding hydrogens is 268 g/mol. The lowest BCUT2D eigenvalue weighted by molar-refractivity contribution is -0.141. The molecule has 0 aromatic heterocycles. The van der Waals surface area contributed by atoms with Crippen molar-refractivity contribution >= 4 is 11.9 Å². The van der Waals surface area contributed by atoms with Crippen LogP contribution in [0.4, 0.5) is 0 Å². The number of likely N-dealkylation sites (N-methyl/N-ethyl adjacent to an activating group) is 1. The van der Waals surface area contributed by atoms with E-state index in [9.17, 15) is 9.59 Å². The number of carbonyl (C=O) groups is 2. The lowest BCUT2D eigenvalue weighted by atomic mass is 10.0. The van der Waals surface area contributed by atoms with Crippen LogP contribution in [0, 0.1) is 5.92 Å². The normalized spacial score (nSPS) is 31.9. The minimum atomic E-state index is -0.846. The highest BCUT2D eigenvalue weighted by Gasteiger charge is 2.43. The fourth-order valence-corrected chi connectivity index (χ4v) is 3.20. The first-order chi connectivity index (χ1) is 10.1. The van der Waals surface area contributed by atoms with Gasteiger partial charge >= 0.3 is 5.97 Å². The van der Waals surface area contributed by atoms with E-state index in [4.69, 9.17) is 5.11 Å². The number of rotatable bonds is 4. The maximum Gasteiger partial charge on any atom is 0.320 e. The number of nitrogens with zero attached hydrogens (tertiary/aromatic N) is 1. The minimum Gasteiger partial charge on any atom is -0.480 e. The molecule has 1 saturated heterocycles. The highest BCUT2D eigenvalue weighted by atomic mass is 16.4. The molecule has 5 nitrogen and oxygen atoms in total. The SMILES string of the molecule is CN1C[C@@H](C(=O)NC2C[C@@H]2c2ccccc2)C[C@H]1C(=O)O. The van der Waals surface area contributed by atoms with Crippen LogP contribution in [-0.4, -0.2) is 47.6 Å². The summed E-state index contributed by atoms with van der Waals surface area (Å²) in [6.07, 6.45) is 1.38. The van der Waals surface area contributed by atoms with Crippen molar-refractivity contribution in [2.24, 2.45) is 5.92 Å². The summed E-state index contributed by atoms with van der Waals surface area (Å²) in [6.45, 7) is 0.519. The largest absolute Gasteiger partial charge is 0.480 e. The Morgan fingerprint density at radius 1 is 1.24 bits per heavy atom. The second-order valence-corrected chi connectivity index (χ2v) is 6.09. The summed E-state index contributed by atoms with van der Waals surface area (Å²) < 4.78 is 0. The third-order valence-corrected chi connectivity index (χ3v) is 4.55. The molecule has 1 amide bonds. The number of amides is 1. The third kappa shape index (κ3) is 2.93. The molecule has 1 heterocycles. The molecule has 1 aromatic carbocycles. The van der Waals surface area contributed by atoms with Crippen molar-refractivity contribution in [2.75, 3.05) is 13.6 Å². The minimum absolute atomic E-state index is 0.00553. The van der Waals surface area contributed by atoms with Gasteiger partial charge in [-0.25, -0.2) is 0 Å². The standard InChI is InChI=1S/C16H20N2O3/c1-18-9-11(7-14(18)16(20)21)15(19)17-13-8-12(13)10-5-3-2-4-6-10/h2-6,11-14H,7-9H2,1H3,(H,17,19)(H,20,21)/t11-,12+,13?,14-/m0/s1. The van der Waals surface area contributed by atoms with Gasteiger partial charge in [-0.05, 0) is 25.5 Å². The molecule has 1 aliphatic carbocycles. The molecule has 3 rings (SSSR count). The number of carbonyl (C=O) groups excluding carboxylic acids is 1. The molecule has 0 radical (unpaired) electrons. The van der Waals surface area contributed by atoms with Crippen LogP contribution in [0.25, 0.3) is 0 Å². The van der Waals surface area contributed by atoms with Gasteiger partial charge in [0, 0.05) is 18.5 Å². The fourth-order valence-electron chi connectivity index (χ4n) is 3.20. The molecule has 2 fully saturated rings. The van der Waals surface area contributed by atoms with E-state index >= 15 is 0 Å². The Balaban J connectivity index is 1.53. The van der Waals surface area contributed by atoms with Crippen molar-refractivity contribution < 1.29 is 14.7 Å². The average Bonchev–Trinajstić information content (AvgIpc) is 3.11. The van der Waals surface area contributed by atoms with Gasteiger partial charge in [0.25, 0.3) is 0 Å². The summed E-state index contributed by atoms with van der Waals surface area (Å²) in [5.74, 6) is -0.659. The summed E-state index contributed by atoms with van der Waals surface area (Å²) in [4.78, 5) is 25.1. The molecule has 2 N–H and O–H groups in total. The quantitative estimate of drug-likeness (QED) is 0.869. The maximum atomic E-state index is 12.3. The Morgan fingerprint density at radius 3 is 2.57 bits per heavy atom. The van der Waals surface area contributed by atoms with Gasteiger partial charge in [0.1, 0.15) is 6.04 Å². The van der Waals surface area contributed by atoms with Crippen LogP contribution in [0.15, 0.2) is 30.3 Å². The monoisotopic (exact) mass is 288 g/mol. The lowest BCUT2D eigenvalue weighted by Gasteiger charge is -2.13. The fraction of sp³-hybridized carbons (Fsp3) is 0.500. The van der Waals surface area contributed by atoms with Gasteiger partial charge < -0.3 is 10.4 Å². The molecule has 112 valence electrons. The van der Waals surface area contributed by atoms with E-state index in [1.54, 1.807) is 11.9 Å². The topological polar surface area (TPSA) is 69.6 Å². The van der Waals surface area contributed by atoms with Crippen LogP contribution in [0.1, 0.15) is 24.3 Å². The number of aliphatic carboxylic acids is 1. The zero-order valence-electron chi connectivity index (χ0n) is 12.0. The summed E-state index contributed by atoms with van der Waals surface area (Å²) in [6, 6.07) is 9.84. The van der Waals surface area contributed by atoms with Crippen LogP contribution in [0.5, 0.6) is 0 Å². The molecule has 4 atom stereocenters. The highest BCUT2D eigenvalue weighted by molar-refractivity contribution is 5.82. The molecular formula is C16H20N2O3. The first-order valence-electron chi connectivity index (χ1n) is 7.34. The van der Waals surface area contributed by atoms with E-state index in [0.29, 0.717) is 18.9 Å². The van der Waals surface area contributed by atoms with Gasteiger partial charge in [0.2, 0.25) is 5.91 Å². The predicted octanol–water partition coefficient (Wildman–Crippen LogP) is 1.06. The number of hydrogen-bond donors (Lipinski definition) is 2. The predicted molar refractivity (Wildman–Crippen MR) is 77.9 cm³/mol. The van der Waals surface area contributed by atoms with Gasteiger partial charge in [-0.15, -0.1) is 0 Å². The number of likely N-dealkylation sites (tertiary alicyclic amines) is 1. The summed E-state index contributed by atoms with van der Waals surface area (Å²) in [7, 11) is 1.76. The van der Waals surface area contributed by atoms with E-state index in [-0.39, 0.29) is 17.9 Å². The van der Waals surface area contributed by atoms with Crippen LogP contribution in [0.3, 0.4) is 0 Å². The van der Waals surface area contributed by atoms with Crippen molar-refractivity contribution in [2.45, 2.75) is 30.8 Å². The van der Waals surface area contributed by atoms with Gasteiger partial charge in [0.15, 0.2) is 0 Å². The van der Waals surface area contributed by atoms with Crippen LogP contribution in [-0.2, 0) is 9.59 Å². The van der Waals surface area contributed by atoms with E-state index < -0.39 is 12.0 Å². The van der Waals surface area contributed by atoms with Crippen LogP contribution in [0.2, 0.25) is 0 Å². The molecule has 0 bridgehead atoms. The van der Waals surface area contributed by atoms with E-state index in [1.807, 2.05) is 18.2 Å². The molecule has 1 aromatic rings. The Labute approximate surface area is 123 Å². The second kappa shape index (κ2) is 5.48. The zero-order chi connectivity index (χ0) is 15.0. The Kier molecular flexibility index (Phi) is 3.68. The van der Waals surface area contributed by atoms with Crippen LogP contribution < -0.4 is 5.32 Å². The first-order valence-corrected chi connectivity index (χ1v) is 7.34. The number of carboxylic acid groups (broad SMARTS) is 1. The maximum absolute atomic E-state index is 12.3. The van der Waals surface area contributed by atoms with Crippen molar-refractivity contribution in [3.8, 4) is 0 Å². The number of hydrogen-bond acceptors (Lipinski definition) is 3. The van der Waals surface area contributed by atoms with E-state index in [0.717, 1.165) is 6.42 Å². The van der Waals surface area contributed by atoms with Crippen molar-refractivity contribution in [3.05, 3.63) is 35.9 Å². The smallest absolute Gasteiger partial charge is 0.320 e. The highest BCUT2D eigenvalue weighted by Crippen LogP contribution is 2.41. The summed E-state index contributed by atoms with van der Waals surface area (Å²) >= 11 is 0. The number of benzene rings is 1. The molecule has 21 heavy (non-hydrogen) atoms. The lowest BCUT2D eigenvalue weighted by Crippen LogP contribution is -2.34. The zero-order valence-corrected chi connectivity index (χ0v) is 12.0. The second-order valence-electron chi connectivity index (χ2n) is 6.09. The van der Waals surface area contributed by atoms with Crippen molar-refractivity contribution in [1.29, 1.82) is 0 Å². The molecule has 2 aliphatic rings. The first kappa shape index (κ1) is 14.1. The molecule has 1 saturated carbocycles. The molecule has 1 aliphatic heterocycles. The van der Waals surface area contributed by atoms with Crippen LogP contribution >= 0.6 is 0 Å². The molecule has 5 heteroatoms.